The average molecular weight is 325 g/mol. The number of ether oxygens (including phenoxy) is 1. The lowest BCUT2D eigenvalue weighted by molar-refractivity contribution is -0.140. The third kappa shape index (κ3) is 3.43. The number of hydrogen-bond acceptors (Lipinski definition) is 3. The van der Waals surface area contributed by atoms with Crippen molar-refractivity contribution in [3.63, 3.8) is 0 Å². The van der Waals surface area contributed by atoms with Crippen LogP contribution in [0.25, 0.3) is 10.4 Å². The molecular formula is C14H13BrO2S. The average Bonchev–Trinajstić information content (AvgIpc) is 2.85. The number of hydrogen-bond donors (Lipinski definition) is 0. The van der Waals surface area contributed by atoms with Gasteiger partial charge in [0.25, 0.3) is 0 Å². The van der Waals surface area contributed by atoms with Gasteiger partial charge >= 0.3 is 5.97 Å². The third-order valence-corrected chi connectivity index (χ3v) is 4.18. The zero-order valence-corrected chi connectivity index (χ0v) is 12.4. The lowest BCUT2D eigenvalue weighted by atomic mass is 10.1. The second kappa shape index (κ2) is 6.16. The first-order chi connectivity index (χ1) is 8.69. The van der Waals surface area contributed by atoms with Crippen LogP contribution in [-0.4, -0.2) is 13.1 Å². The van der Waals surface area contributed by atoms with Crippen molar-refractivity contribution in [1.82, 2.24) is 0 Å². The van der Waals surface area contributed by atoms with Crippen LogP contribution in [0.5, 0.6) is 0 Å². The number of rotatable bonds is 4. The van der Waals surface area contributed by atoms with E-state index < -0.39 is 0 Å². The minimum Gasteiger partial charge on any atom is -0.469 e. The fourth-order valence-electron chi connectivity index (χ4n) is 1.62. The first-order valence-corrected chi connectivity index (χ1v) is 7.26. The van der Waals surface area contributed by atoms with Crippen molar-refractivity contribution in [1.29, 1.82) is 0 Å². The molecule has 94 valence electrons. The Balaban J connectivity index is 2.06. The number of thiophene rings is 1. The van der Waals surface area contributed by atoms with Gasteiger partial charge in [0, 0.05) is 15.8 Å². The summed E-state index contributed by atoms with van der Waals surface area (Å²) < 4.78 is 5.71. The minimum atomic E-state index is -0.161. The van der Waals surface area contributed by atoms with Crippen LogP contribution in [0.1, 0.15) is 12.0 Å². The van der Waals surface area contributed by atoms with Crippen LogP contribution in [-0.2, 0) is 16.0 Å². The fourth-order valence-corrected chi connectivity index (χ4v) is 2.84. The zero-order valence-electron chi connectivity index (χ0n) is 9.98. The summed E-state index contributed by atoms with van der Waals surface area (Å²) >= 11 is 5.12. The fraction of sp³-hybridized carbons (Fsp3) is 0.214. The number of esters is 1. The largest absolute Gasteiger partial charge is 0.469 e. The number of carbonyl (C=O) groups is 1. The number of benzene rings is 1. The van der Waals surface area contributed by atoms with E-state index in [4.69, 9.17) is 0 Å². The molecule has 0 aliphatic carbocycles. The van der Waals surface area contributed by atoms with Gasteiger partial charge in [-0.25, -0.2) is 0 Å². The van der Waals surface area contributed by atoms with Crippen molar-refractivity contribution in [3.05, 3.63) is 45.7 Å². The van der Waals surface area contributed by atoms with Crippen molar-refractivity contribution in [2.24, 2.45) is 0 Å². The van der Waals surface area contributed by atoms with Crippen molar-refractivity contribution in [2.75, 3.05) is 7.11 Å². The van der Waals surface area contributed by atoms with Gasteiger partial charge in [0.2, 0.25) is 0 Å². The van der Waals surface area contributed by atoms with Crippen LogP contribution in [0.15, 0.2) is 40.2 Å². The maximum Gasteiger partial charge on any atom is 0.305 e. The number of aryl methyl sites for hydroxylation is 1. The quantitative estimate of drug-likeness (QED) is 0.784. The molecule has 0 aliphatic heterocycles. The van der Waals surface area contributed by atoms with E-state index in [1.165, 1.54) is 23.1 Å². The van der Waals surface area contributed by atoms with Gasteiger partial charge in [-0.05, 0) is 41.1 Å². The lowest BCUT2D eigenvalue weighted by Gasteiger charge is -1.98. The lowest BCUT2D eigenvalue weighted by Crippen LogP contribution is -2.01. The Labute approximate surface area is 119 Å². The SMILES string of the molecule is COC(=O)CCc1csc(-c2ccc(Br)cc2)c1. The molecule has 0 bridgehead atoms. The van der Waals surface area contributed by atoms with E-state index in [0.717, 1.165) is 10.9 Å². The second-order valence-corrected chi connectivity index (χ2v) is 5.73. The van der Waals surface area contributed by atoms with E-state index in [2.05, 4.69) is 44.2 Å². The van der Waals surface area contributed by atoms with Crippen LogP contribution >= 0.6 is 27.3 Å². The van der Waals surface area contributed by atoms with E-state index in [1.807, 2.05) is 12.1 Å². The molecule has 0 aliphatic rings. The van der Waals surface area contributed by atoms with Gasteiger partial charge in [0.05, 0.1) is 7.11 Å². The molecule has 0 N–H and O–H groups in total. The summed E-state index contributed by atoms with van der Waals surface area (Å²) in [6, 6.07) is 10.4. The van der Waals surface area contributed by atoms with Crippen molar-refractivity contribution >= 4 is 33.2 Å². The Morgan fingerprint density at radius 1 is 1.33 bits per heavy atom. The van der Waals surface area contributed by atoms with E-state index in [9.17, 15) is 4.79 Å². The van der Waals surface area contributed by atoms with E-state index in [0.29, 0.717) is 6.42 Å². The van der Waals surface area contributed by atoms with Crippen LogP contribution in [0, 0.1) is 0 Å². The van der Waals surface area contributed by atoms with Crippen molar-refractivity contribution in [3.8, 4) is 10.4 Å². The molecule has 0 atom stereocenters. The van der Waals surface area contributed by atoms with Gasteiger partial charge in [-0.15, -0.1) is 11.3 Å². The molecular weight excluding hydrogens is 312 g/mol. The Morgan fingerprint density at radius 3 is 2.72 bits per heavy atom. The molecule has 2 aromatic rings. The first kappa shape index (κ1) is 13.3. The number of methoxy groups -OCH3 is 1. The summed E-state index contributed by atoms with van der Waals surface area (Å²) in [6.45, 7) is 0. The summed E-state index contributed by atoms with van der Waals surface area (Å²) in [4.78, 5) is 12.3. The first-order valence-electron chi connectivity index (χ1n) is 5.59. The molecule has 0 unspecified atom stereocenters. The Hall–Kier alpha value is -1.13. The molecule has 0 saturated carbocycles. The molecule has 1 aromatic heterocycles. The Bertz CT molecular complexity index is 531. The summed E-state index contributed by atoms with van der Waals surface area (Å²) in [6.07, 6.45) is 1.17. The maximum atomic E-state index is 11.1. The Morgan fingerprint density at radius 2 is 2.06 bits per heavy atom. The maximum absolute atomic E-state index is 11.1. The minimum absolute atomic E-state index is 0.161. The smallest absolute Gasteiger partial charge is 0.305 e. The molecule has 0 amide bonds. The summed E-state index contributed by atoms with van der Waals surface area (Å²) in [7, 11) is 1.42. The molecule has 0 fully saturated rings. The van der Waals surface area contributed by atoms with Crippen molar-refractivity contribution in [2.45, 2.75) is 12.8 Å². The monoisotopic (exact) mass is 324 g/mol. The molecule has 2 rings (SSSR count). The highest BCUT2D eigenvalue weighted by Gasteiger charge is 2.05. The molecule has 2 nitrogen and oxygen atoms in total. The second-order valence-electron chi connectivity index (χ2n) is 3.90. The predicted molar refractivity (Wildman–Crippen MR) is 77.8 cm³/mol. The number of carbonyl (C=O) groups excluding carboxylic acids is 1. The molecule has 0 spiro atoms. The zero-order chi connectivity index (χ0) is 13.0. The molecule has 18 heavy (non-hydrogen) atoms. The van der Waals surface area contributed by atoms with E-state index >= 15 is 0 Å². The van der Waals surface area contributed by atoms with Gasteiger partial charge < -0.3 is 4.74 Å². The van der Waals surface area contributed by atoms with E-state index in [1.54, 1.807) is 11.3 Å². The van der Waals surface area contributed by atoms with Crippen LogP contribution in [0.4, 0.5) is 0 Å². The summed E-state index contributed by atoms with van der Waals surface area (Å²) in [5.41, 5.74) is 2.39. The highest BCUT2D eigenvalue weighted by molar-refractivity contribution is 9.10. The van der Waals surface area contributed by atoms with Gasteiger partial charge in [0.15, 0.2) is 0 Å². The third-order valence-electron chi connectivity index (χ3n) is 2.63. The normalized spacial score (nSPS) is 10.3. The van der Waals surface area contributed by atoms with Crippen LogP contribution in [0.2, 0.25) is 0 Å². The topological polar surface area (TPSA) is 26.3 Å². The highest BCUT2D eigenvalue weighted by atomic mass is 79.9. The molecule has 0 radical (unpaired) electrons. The molecule has 4 heteroatoms. The molecule has 0 saturated heterocycles. The standard InChI is InChI=1S/C14H13BrO2S/c1-17-14(16)7-2-10-8-13(18-9-10)11-3-5-12(15)6-4-11/h3-6,8-9H,2,7H2,1H3. The van der Waals surface area contributed by atoms with Crippen LogP contribution < -0.4 is 0 Å². The highest BCUT2D eigenvalue weighted by Crippen LogP contribution is 2.28. The summed E-state index contributed by atoms with van der Waals surface area (Å²) in [5.74, 6) is -0.161. The molecule has 1 aromatic carbocycles. The van der Waals surface area contributed by atoms with Crippen molar-refractivity contribution < 1.29 is 9.53 Å². The van der Waals surface area contributed by atoms with Gasteiger partial charge in [-0.2, -0.15) is 0 Å². The van der Waals surface area contributed by atoms with Crippen LogP contribution in [0.3, 0.4) is 0 Å². The molecule has 1 heterocycles. The van der Waals surface area contributed by atoms with Gasteiger partial charge in [-0.3, -0.25) is 4.79 Å². The number of halogens is 1. The predicted octanol–water partition coefficient (Wildman–Crippen LogP) is 4.28. The summed E-state index contributed by atoms with van der Waals surface area (Å²) in [5, 5.41) is 2.10. The van der Waals surface area contributed by atoms with Gasteiger partial charge in [-0.1, -0.05) is 28.1 Å². The Kier molecular flexibility index (Phi) is 4.55. The van der Waals surface area contributed by atoms with E-state index in [-0.39, 0.29) is 5.97 Å². The van der Waals surface area contributed by atoms with Gasteiger partial charge in [0.1, 0.15) is 0 Å².